The highest BCUT2D eigenvalue weighted by molar-refractivity contribution is 6.03. The third kappa shape index (κ3) is 6.95. The average Bonchev–Trinajstić information content (AvgIpc) is 3.45. The summed E-state index contributed by atoms with van der Waals surface area (Å²) in [5.41, 5.74) is 20.7. The molecule has 0 saturated carbocycles. The van der Waals surface area contributed by atoms with Crippen molar-refractivity contribution in [1.82, 2.24) is 0 Å². The Labute approximate surface area is 371 Å². The lowest BCUT2D eigenvalue weighted by atomic mass is 9.79. The summed E-state index contributed by atoms with van der Waals surface area (Å²) in [6.45, 7) is 4.74. The van der Waals surface area contributed by atoms with E-state index in [1.54, 1.807) is 0 Å². The largest absolute Gasteiger partial charge is 0.310 e. The fraction of sp³-hybridized carbons (Fsp3) is 0.0968. The molecule has 0 aromatic heterocycles. The molecule has 0 saturated heterocycles. The maximum atomic E-state index is 3.56. The Morgan fingerprint density at radius 3 is 2.10 bits per heavy atom. The van der Waals surface area contributed by atoms with E-state index in [4.69, 9.17) is 0 Å². The van der Waals surface area contributed by atoms with Crippen molar-refractivity contribution < 1.29 is 0 Å². The van der Waals surface area contributed by atoms with Crippen LogP contribution in [0.3, 0.4) is 0 Å². The smallest absolute Gasteiger partial charge is 0.0539 e. The molecule has 0 unspecified atom stereocenters. The molecule has 0 heterocycles. The van der Waals surface area contributed by atoms with Crippen LogP contribution in [-0.2, 0) is 5.41 Å². The van der Waals surface area contributed by atoms with E-state index in [-0.39, 0.29) is 5.41 Å². The third-order valence-electron chi connectivity index (χ3n) is 13.2. The number of nitrogens with zero attached hydrogens (tertiary/aromatic N) is 1. The number of fused-ring (bicyclic) bond motifs is 4. The van der Waals surface area contributed by atoms with Gasteiger partial charge in [-0.1, -0.05) is 196 Å². The Kier molecular flexibility index (Phi) is 9.71. The third-order valence-corrected chi connectivity index (χ3v) is 13.2. The molecule has 3 aliphatic carbocycles. The molecule has 0 spiro atoms. The van der Waals surface area contributed by atoms with E-state index >= 15 is 0 Å². The van der Waals surface area contributed by atoms with Crippen LogP contribution in [0.2, 0.25) is 0 Å². The highest BCUT2D eigenvalue weighted by atomic mass is 15.1. The van der Waals surface area contributed by atoms with Crippen molar-refractivity contribution in [2.24, 2.45) is 0 Å². The van der Waals surface area contributed by atoms with Crippen molar-refractivity contribution >= 4 is 44.6 Å². The first-order valence-electron chi connectivity index (χ1n) is 22.2. The maximum absolute atomic E-state index is 3.56. The normalized spacial score (nSPS) is 14.7. The molecular formula is C62H47N. The van der Waals surface area contributed by atoms with Gasteiger partial charge in [-0.2, -0.15) is 0 Å². The molecule has 0 amide bonds. The molecule has 0 fully saturated rings. The molecular weight excluding hydrogens is 759 g/mol. The summed E-state index contributed by atoms with van der Waals surface area (Å²) >= 11 is 0. The number of allylic oxidation sites excluding steroid dienone is 8. The van der Waals surface area contributed by atoms with Gasteiger partial charge in [-0.15, -0.1) is 0 Å². The second kappa shape index (κ2) is 16.0. The van der Waals surface area contributed by atoms with Gasteiger partial charge in [-0.05, 0) is 133 Å². The van der Waals surface area contributed by atoms with E-state index in [1.807, 2.05) is 0 Å². The second-order valence-corrected chi connectivity index (χ2v) is 17.3. The van der Waals surface area contributed by atoms with Gasteiger partial charge in [0.15, 0.2) is 0 Å². The second-order valence-electron chi connectivity index (χ2n) is 17.3. The van der Waals surface area contributed by atoms with Crippen LogP contribution in [0.1, 0.15) is 60.9 Å². The molecule has 0 N–H and O–H groups in total. The molecule has 0 radical (unpaired) electrons. The van der Waals surface area contributed by atoms with E-state index in [0.717, 1.165) is 52.2 Å². The molecule has 8 aromatic carbocycles. The maximum Gasteiger partial charge on any atom is 0.0539 e. The summed E-state index contributed by atoms with van der Waals surface area (Å²) in [6, 6.07) is 67.0. The number of hydrogen-bond donors (Lipinski definition) is 0. The Morgan fingerprint density at radius 2 is 1.24 bits per heavy atom. The Balaban J connectivity index is 1.09. The molecule has 300 valence electrons. The van der Waals surface area contributed by atoms with E-state index in [1.165, 1.54) is 66.4 Å². The van der Waals surface area contributed by atoms with Gasteiger partial charge in [0.1, 0.15) is 0 Å². The van der Waals surface area contributed by atoms with Crippen LogP contribution in [0.25, 0.3) is 60.9 Å². The van der Waals surface area contributed by atoms with Gasteiger partial charge in [0.25, 0.3) is 0 Å². The molecule has 1 heteroatoms. The van der Waals surface area contributed by atoms with Gasteiger partial charge in [-0.25, -0.2) is 0 Å². The van der Waals surface area contributed by atoms with Crippen molar-refractivity contribution in [2.45, 2.75) is 38.5 Å². The van der Waals surface area contributed by atoms with E-state index in [2.05, 4.69) is 243 Å². The molecule has 0 atom stereocenters. The van der Waals surface area contributed by atoms with Crippen molar-refractivity contribution in [3.05, 3.63) is 240 Å². The zero-order valence-electron chi connectivity index (χ0n) is 35.8. The first-order chi connectivity index (χ1) is 31.0. The van der Waals surface area contributed by atoms with Crippen LogP contribution in [0.15, 0.2) is 212 Å². The van der Waals surface area contributed by atoms with Gasteiger partial charge < -0.3 is 4.90 Å². The highest BCUT2D eigenvalue weighted by Gasteiger charge is 2.37. The Bertz CT molecular complexity index is 3260. The number of benzene rings is 8. The fourth-order valence-corrected chi connectivity index (χ4v) is 10.1. The SMILES string of the molecule is CC1(C)c2ccccc2-c2cccc(-c3ccc(N(c4cc(C5=CC=CCC5)cc(-c5ccccc5)c4)c4ccccc4C4=CCC#CC(c5cccc6ccccc56)=C4)cc3)c21. The van der Waals surface area contributed by atoms with Gasteiger partial charge in [0.2, 0.25) is 0 Å². The predicted octanol–water partition coefficient (Wildman–Crippen LogP) is 16.6. The average molecular weight is 806 g/mol. The summed E-state index contributed by atoms with van der Waals surface area (Å²) in [5.74, 6) is 7.03. The standard InChI is InChI=1S/C62H47N/c1-62(2)59-33-15-13-29-57(59)58-32-18-31-56(61(58)62)46-35-37-51(38-36-46)63(52-41-49(43-19-5-3-6-20-43)40-50(42-52)44-21-7-4-8-22-44)60-34-16-14-28-55(60)48-25-10-9-24-47(39-48)54-30-17-26-45-23-11-12-27-53(45)54/h3-7,11-21,23,25-42H,8,10,22H2,1-2H3. The Hall–Kier alpha value is -7.66. The van der Waals surface area contributed by atoms with E-state index in [0.29, 0.717) is 6.42 Å². The summed E-state index contributed by atoms with van der Waals surface area (Å²) < 4.78 is 0. The first kappa shape index (κ1) is 38.3. The van der Waals surface area contributed by atoms with Gasteiger partial charge in [0.05, 0.1) is 5.69 Å². The molecule has 0 aliphatic heterocycles. The highest BCUT2D eigenvalue weighted by Crippen LogP contribution is 2.52. The lowest BCUT2D eigenvalue weighted by molar-refractivity contribution is 0.662. The number of rotatable bonds is 8. The molecule has 1 nitrogen and oxygen atoms in total. The van der Waals surface area contributed by atoms with Gasteiger partial charge >= 0.3 is 0 Å². The topological polar surface area (TPSA) is 3.24 Å². The quantitative estimate of drug-likeness (QED) is 0.138. The molecule has 8 aromatic rings. The number of anilines is 3. The number of para-hydroxylation sites is 1. The van der Waals surface area contributed by atoms with E-state index < -0.39 is 0 Å². The minimum absolute atomic E-state index is 0.113. The van der Waals surface area contributed by atoms with Crippen molar-refractivity contribution in [2.75, 3.05) is 4.90 Å². The van der Waals surface area contributed by atoms with E-state index in [9.17, 15) is 0 Å². The number of hydrogen-bond acceptors (Lipinski definition) is 1. The first-order valence-corrected chi connectivity index (χ1v) is 22.2. The van der Waals surface area contributed by atoms with Crippen molar-refractivity contribution in [3.8, 4) is 45.2 Å². The lowest BCUT2D eigenvalue weighted by Gasteiger charge is -2.30. The Morgan fingerprint density at radius 1 is 0.540 bits per heavy atom. The van der Waals surface area contributed by atoms with Crippen LogP contribution in [0.5, 0.6) is 0 Å². The zero-order valence-corrected chi connectivity index (χ0v) is 35.8. The summed E-state index contributed by atoms with van der Waals surface area (Å²) in [5, 5.41) is 2.43. The molecule has 11 rings (SSSR count). The summed E-state index contributed by atoms with van der Waals surface area (Å²) in [4.78, 5) is 2.47. The van der Waals surface area contributed by atoms with Crippen LogP contribution < -0.4 is 4.90 Å². The van der Waals surface area contributed by atoms with Crippen LogP contribution in [0.4, 0.5) is 17.1 Å². The zero-order chi connectivity index (χ0) is 42.3. The predicted molar refractivity (Wildman–Crippen MR) is 268 cm³/mol. The monoisotopic (exact) mass is 805 g/mol. The van der Waals surface area contributed by atoms with Gasteiger partial charge in [-0.3, -0.25) is 0 Å². The molecule has 63 heavy (non-hydrogen) atoms. The van der Waals surface area contributed by atoms with Gasteiger partial charge in [0, 0.05) is 34.3 Å². The lowest BCUT2D eigenvalue weighted by Crippen LogP contribution is -2.16. The van der Waals surface area contributed by atoms with Crippen molar-refractivity contribution in [1.29, 1.82) is 0 Å². The fourth-order valence-electron chi connectivity index (χ4n) is 10.1. The minimum Gasteiger partial charge on any atom is -0.310 e. The minimum atomic E-state index is -0.113. The molecule has 0 bridgehead atoms. The van der Waals surface area contributed by atoms with Crippen LogP contribution >= 0.6 is 0 Å². The summed E-state index contributed by atoms with van der Waals surface area (Å²) in [6.07, 6.45) is 14.1. The van der Waals surface area contributed by atoms with Crippen LogP contribution in [-0.4, -0.2) is 0 Å². The van der Waals surface area contributed by atoms with Crippen LogP contribution in [0, 0.1) is 11.8 Å². The van der Waals surface area contributed by atoms with Crippen molar-refractivity contribution in [3.63, 3.8) is 0 Å². The molecule has 3 aliphatic rings. The summed E-state index contributed by atoms with van der Waals surface area (Å²) in [7, 11) is 0.